The van der Waals surface area contributed by atoms with Crippen molar-refractivity contribution in [3.8, 4) is 0 Å². The zero-order valence-electron chi connectivity index (χ0n) is 20.6. The van der Waals surface area contributed by atoms with Crippen molar-refractivity contribution >= 4 is 15.9 Å². The van der Waals surface area contributed by atoms with Gasteiger partial charge in [0.2, 0.25) is 0 Å². The average molecular weight is 465 g/mol. The van der Waals surface area contributed by atoms with Gasteiger partial charge in [0.05, 0.1) is 5.41 Å². The second-order valence-corrected chi connectivity index (χ2v) is 13.7. The minimum atomic E-state index is -4.04. The molecule has 4 rings (SSSR count). The number of rotatable bonds is 6. The van der Waals surface area contributed by atoms with Crippen molar-refractivity contribution in [3.63, 3.8) is 0 Å². The number of allylic oxidation sites excluding steroid dienone is 1. The highest BCUT2D eigenvalue weighted by Crippen LogP contribution is 2.67. The van der Waals surface area contributed by atoms with Gasteiger partial charge in [0.1, 0.15) is 5.78 Å². The van der Waals surface area contributed by atoms with Crippen LogP contribution in [0, 0.1) is 46.3 Å². The van der Waals surface area contributed by atoms with Crippen molar-refractivity contribution in [3.05, 3.63) is 11.0 Å². The van der Waals surface area contributed by atoms with Crippen molar-refractivity contribution in [1.29, 1.82) is 0 Å². The van der Waals surface area contributed by atoms with Crippen LogP contribution in [0.4, 0.5) is 0 Å². The van der Waals surface area contributed by atoms with Gasteiger partial charge in [-0.15, -0.1) is 0 Å². The predicted molar refractivity (Wildman–Crippen MR) is 129 cm³/mol. The molecule has 0 radical (unpaired) electrons. The molecule has 5 heteroatoms. The van der Waals surface area contributed by atoms with Crippen LogP contribution in [0.2, 0.25) is 0 Å². The Morgan fingerprint density at radius 1 is 1.09 bits per heavy atom. The smallest absolute Gasteiger partial charge is 0.287 e. The molecule has 1 unspecified atom stereocenters. The number of ketones is 1. The quantitative estimate of drug-likeness (QED) is 0.438. The van der Waals surface area contributed by atoms with Crippen LogP contribution in [0.5, 0.6) is 0 Å². The molecule has 0 spiro atoms. The van der Waals surface area contributed by atoms with Crippen molar-refractivity contribution < 1.29 is 17.8 Å². The molecule has 0 heterocycles. The molecule has 0 bridgehead atoms. The third-order valence-electron chi connectivity index (χ3n) is 10.7. The van der Waals surface area contributed by atoms with Gasteiger partial charge in [0.25, 0.3) is 10.1 Å². The molecule has 4 aliphatic carbocycles. The Labute approximate surface area is 195 Å². The first-order chi connectivity index (χ1) is 15.0. The minimum absolute atomic E-state index is 0.271. The number of hydrogen-bond acceptors (Lipinski definition) is 3. The molecule has 4 saturated carbocycles. The van der Waals surface area contributed by atoms with E-state index >= 15 is 0 Å². The maximum Gasteiger partial charge on any atom is 0.287 e. The fourth-order valence-electron chi connectivity index (χ4n) is 9.15. The highest BCUT2D eigenvalue weighted by atomic mass is 32.2. The summed E-state index contributed by atoms with van der Waals surface area (Å²) in [6.07, 6.45) is 13.8. The van der Waals surface area contributed by atoms with Gasteiger partial charge in [-0.2, -0.15) is 8.42 Å². The second-order valence-electron chi connectivity index (χ2n) is 12.4. The lowest BCUT2D eigenvalue weighted by Crippen LogP contribution is -2.56. The third kappa shape index (κ3) is 4.37. The molecule has 0 aliphatic heterocycles. The summed E-state index contributed by atoms with van der Waals surface area (Å²) >= 11 is 0. The van der Waals surface area contributed by atoms with Crippen LogP contribution in [-0.4, -0.2) is 18.8 Å². The summed E-state index contributed by atoms with van der Waals surface area (Å²) in [5.41, 5.74) is 1.38. The molecule has 1 N–H and O–H groups in total. The Kier molecular flexibility index (Phi) is 6.75. The Hall–Kier alpha value is -0.680. The molecule has 0 aromatic heterocycles. The predicted octanol–water partition coefficient (Wildman–Crippen LogP) is 6.81. The van der Waals surface area contributed by atoms with Gasteiger partial charge in [0.15, 0.2) is 0 Å². The Morgan fingerprint density at radius 3 is 2.53 bits per heavy atom. The van der Waals surface area contributed by atoms with Crippen molar-refractivity contribution in [2.24, 2.45) is 46.3 Å². The minimum Gasteiger partial charge on any atom is -0.299 e. The van der Waals surface area contributed by atoms with E-state index in [4.69, 9.17) is 4.55 Å². The highest BCUT2D eigenvalue weighted by Gasteiger charge is 2.62. The second kappa shape index (κ2) is 8.83. The van der Waals surface area contributed by atoms with Gasteiger partial charge in [0, 0.05) is 12.3 Å². The lowest BCUT2D eigenvalue weighted by atomic mass is 9.44. The molecule has 0 saturated heterocycles. The summed E-state index contributed by atoms with van der Waals surface area (Å²) in [5.74, 6) is 3.92. The molecular formula is C27H44O4S. The van der Waals surface area contributed by atoms with E-state index in [2.05, 4.69) is 20.8 Å². The van der Waals surface area contributed by atoms with E-state index < -0.39 is 10.1 Å². The van der Waals surface area contributed by atoms with Gasteiger partial charge >= 0.3 is 0 Å². The molecule has 8 atom stereocenters. The van der Waals surface area contributed by atoms with E-state index in [1.165, 1.54) is 51.4 Å². The summed E-state index contributed by atoms with van der Waals surface area (Å²) < 4.78 is 31.1. The normalized spacial score (nSPS) is 43.3. The Morgan fingerprint density at radius 2 is 1.81 bits per heavy atom. The maximum atomic E-state index is 13.5. The topological polar surface area (TPSA) is 71.4 Å². The Balaban J connectivity index is 1.44. The Bertz CT molecular complexity index is 861. The maximum absolute atomic E-state index is 13.5. The molecule has 4 aliphatic rings. The fraction of sp³-hybridized carbons (Fsp3) is 0.889. The molecule has 182 valence electrons. The number of fused-ring (bicyclic) bond motifs is 5. The zero-order valence-corrected chi connectivity index (χ0v) is 21.4. The van der Waals surface area contributed by atoms with E-state index in [1.807, 2.05) is 0 Å². The van der Waals surface area contributed by atoms with Crippen molar-refractivity contribution in [2.75, 3.05) is 0 Å². The van der Waals surface area contributed by atoms with Gasteiger partial charge in [-0.3, -0.25) is 9.35 Å². The van der Waals surface area contributed by atoms with Crippen molar-refractivity contribution in [1.82, 2.24) is 0 Å². The van der Waals surface area contributed by atoms with Gasteiger partial charge in [-0.1, -0.05) is 45.6 Å². The first-order valence-corrected chi connectivity index (χ1v) is 14.6. The first-order valence-electron chi connectivity index (χ1n) is 13.1. The third-order valence-corrected chi connectivity index (χ3v) is 11.4. The molecule has 0 amide bonds. The van der Waals surface area contributed by atoms with Crippen LogP contribution < -0.4 is 0 Å². The number of Topliss-reactive ketones (excluding diaryl/α,β-unsaturated/α-hetero) is 1. The number of hydrogen-bond donors (Lipinski definition) is 1. The summed E-state index contributed by atoms with van der Waals surface area (Å²) in [7, 11) is -4.04. The van der Waals surface area contributed by atoms with E-state index in [0.717, 1.165) is 30.2 Å². The molecular weight excluding hydrogens is 420 g/mol. The highest BCUT2D eigenvalue weighted by molar-refractivity contribution is 7.88. The summed E-state index contributed by atoms with van der Waals surface area (Å²) in [4.78, 5) is 13.5. The molecule has 4 nitrogen and oxygen atoms in total. The van der Waals surface area contributed by atoms with Crippen LogP contribution in [0.25, 0.3) is 0 Å². The lowest BCUT2D eigenvalue weighted by molar-refractivity contribution is -0.156. The average Bonchev–Trinajstić information content (AvgIpc) is 3.04. The summed E-state index contributed by atoms with van der Waals surface area (Å²) in [6, 6.07) is 0. The standard InChI is InChI=1S/C27H44O4S/c1-18(17-32(29,30)31)8-7-9-19(2)21-11-12-22-25-23(13-15-27(21,22)4)26(3)14-6-5-10-20(26)16-24(25)28/h17,19-23,25H,5-16H2,1-4H3,(H,29,30,31)/t19-,20?,21-,22+,23+,25+,26+,27-/m1/s1. The molecule has 0 aromatic rings. The van der Waals surface area contributed by atoms with Crippen LogP contribution in [0.1, 0.15) is 105 Å². The van der Waals surface area contributed by atoms with Crippen LogP contribution >= 0.6 is 0 Å². The van der Waals surface area contributed by atoms with Crippen LogP contribution in [-0.2, 0) is 14.9 Å². The van der Waals surface area contributed by atoms with Gasteiger partial charge in [-0.05, 0) is 98.7 Å². The SMILES string of the molecule is CC(=CS(=O)(=O)O)CCC[C@@H](C)[C@H]1CC[C@H]2[C@@H]3C(=O)CC4CCCC[C@]4(C)[C@H]3CC[C@]12C. The lowest BCUT2D eigenvalue weighted by Gasteiger charge is -2.60. The first kappa shape index (κ1) is 24.4. The van der Waals surface area contributed by atoms with E-state index in [9.17, 15) is 13.2 Å². The zero-order chi connectivity index (χ0) is 23.3. The monoisotopic (exact) mass is 464 g/mol. The van der Waals surface area contributed by atoms with Crippen molar-refractivity contribution in [2.45, 2.75) is 105 Å². The summed E-state index contributed by atoms with van der Waals surface area (Å²) in [6.45, 7) is 9.17. The van der Waals surface area contributed by atoms with Crippen LogP contribution in [0.3, 0.4) is 0 Å². The number of carbonyl (C=O) groups excluding carboxylic acids is 1. The fourth-order valence-corrected chi connectivity index (χ4v) is 9.78. The van der Waals surface area contributed by atoms with E-state index in [-0.39, 0.29) is 5.41 Å². The van der Waals surface area contributed by atoms with Gasteiger partial charge in [-0.25, -0.2) is 0 Å². The van der Waals surface area contributed by atoms with E-state index in [0.29, 0.717) is 53.1 Å². The van der Waals surface area contributed by atoms with E-state index in [1.54, 1.807) is 6.92 Å². The van der Waals surface area contributed by atoms with Gasteiger partial charge < -0.3 is 0 Å². The largest absolute Gasteiger partial charge is 0.299 e. The summed E-state index contributed by atoms with van der Waals surface area (Å²) in [5, 5.41) is 0.986. The molecule has 4 fully saturated rings. The number of carbonyl (C=O) groups is 1. The molecule has 0 aromatic carbocycles. The van der Waals surface area contributed by atoms with Crippen LogP contribution in [0.15, 0.2) is 11.0 Å². The molecule has 32 heavy (non-hydrogen) atoms.